The number of ether oxygens (including phenoxy) is 1. The van der Waals surface area contributed by atoms with E-state index in [1.54, 1.807) is 13.0 Å². The number of aliphatic hydroxyl groups excluding tert-OH is 1. The van der Waals surface area contributed by atoms with E-state index in [2.05, 4.69) is 10.6 Å². The van der Waals surface area contributed by atoms with Crippen LogP contribution in [0.25, 0.3) is 0 Å². The number of hydrogen-bond donors (Lipinski definition) is 3. The second kappa shape index (κ2) is 5.73. The van der Waals surface area contributed by atoms with Gasteiger partial charge < -0.3 is 20.5 Å². The molecule has 3 N–H and O–H groups in total. The highest BCUT2D eigenvalue weighted by atomic mass is 16.5. The van der Waals surface area contributed by atoms with Gasteiger partial charge in [0.2, 0.25) is 0 Å². The molecule has 0 aliphatic carbocycles. The van der Waals surface area contributed by atoms with Gasteiger partial charge in [-0.25, -0.2) is 0 Å². The van der Waals surface area contributed by atoms with Crippen LogP contribution < -0.4 is 15.4 Å². The van der Waals surface area contributed by atoms with Crippen molar-refractivity contribution < 1.29 is 14.6 Å². The molecule has 1 atom stereocenters. The summed E-state index contributed by atoms with van der Waals surface area (Å²) in [5, 5.41) is 15.1. The molecule has 5 heteroatoms. The van der Waals surface area contributed by atoms with Gasteiger partial charge in [-0.05, 0) is 25.5 Å². The zero-order chi connectivity index (χ0) is 13.0. The zero-order valence-corrected chi connectivity index (χ0v) is 10.4. The van der Waals surface area contributed by atoms with E-state index >= 15 is 0 Å². The Bertz CT molecular complexity index is 432. The quantitative estimate of drug-likeness (QED) is 0.745. The van der Waals surface area contributed by atoms with Gasteiger partial charge in [-0.3, -0.25) is 4.79 Å². The van der Waals surface area contributed by atoms with Crippen molar-refractivity contribution in [3.8, 4) is 5.75 Å². The maximum Gasteiger partial charge on any atom is 0.255 e. The first-order valence-corrected chi connectivity index (χ1v) is 6.14. The van der Waals surface area contributed by atoms with Gasteiger partial charge in [-0.2, -0.15) is 0 Å². The molecule has 0 saturated heterocycles. The molecule has 1 heterocycles. The van der Waals surface area contributed by atoms with Crippen LogP contribution in [-0.4, -0.2) is 36.8 Å². The summed E-state index contributed by atoms with van der Waals surface area (Å²) >= 11 is 0. The third-order valence-corrected chi connectivity index (χ3v) is 2.77. The van der Waals surface area contributed by atoms with E-state index < -0.39 is 6.10 Å². The Morgan fingerprint density at radius 3 is 3.22 bits per heavy atom. The fraction of sp³-hybridized carbons (Fsp3) is 0.462. The predicted octanol–water partition coefficient (Wildman–Crippen LogP) is 0.992. The Morgan fingerprint density at radius 2 is 2.44 bits per heavy atom. The van der Waals surface area contributed by atoms with Gasteiger partial charge >= 0.3 is 0 Å². The number of benzene rings is 1. The molecule has 1 aromatic rings. The molecule has 0 spiro atoms. The number of nitrogens with one attached hydrogen (secondary N) is 2. The van der Waals surface area contributed by atoms with Crippen molar-refractivity contribution in [2.24, 2.45) is 0 Å². The van der Waals surface area contributed by atoms with E-state index in [0.29, 0.717) is 30.9 Å². The van der Waals surface area contributed by atoms with Crippen LogP contribution in [-0.2, 0) is 0 Å². The van der Waals surface area contributed by atoms with Gasteiger partial charge in [0.1, 0.15) is 6.61 Å². The van der Waals surface area contributed by atoms with E-state index in [4.69, 9.17) is 9.84 Å². The van der Waals surface area contributed by atoms with Gasteiger partial charge in [-0.15, -0.1) is 0 Å². The summed E-state index contributed by atoms with van der Waals surface area (Å²) in [7, 11) is 0. The monoisotopic (exact) mass is 250 g/mol. The normalized spacial score (nSPS) is 15.0. The molecule has 2 rings (SSSR count). The first kappa shape index (κ1) is 12.7. The second-order valence-electron chi connectivity index (χ2n) is 4.35. The fourth-order valence-corrected chi connectivity index (χ4v) is 1.84. The lowest BCUT2D eigenvalue weighted by Gasteiger charge is -2.21. The summed E-state index contributed by atoms with van der Waals surface area (Å²) in [6, 6.07) is 5.45. The molecule has 0 radical (unpaired) electrons. The van der Waals surface area contributed by atoms with Crippen molar-refractivity contribution in [2.45, 2.75) is 19.4 Å². The van der Waals surface area contributed by atoms with E-state index in [-0.39, 0.29) is 5.91 Å². The van der Waals surface area contributed by atoms with E-state index in [0.717, 1.165) is 12.2 Å². The average Bonchev–Trinajstić information content (AvgIpc) is 2.37. The molecular weight excluding hydrogens is 232 g/mol. The van der Waals surface area contributed by atoms with Crippen LogP contribution in [0.3, 0.4) is 0 Å². The first-order valence-electron chi connectivity index (χ1n) is 6.14. The van der Waals surface area contributed by atoms with Crippen molar-refractivity contribution in [3.05, 3.63) is 23.8 Å². The molecule has 1 unspecified atom stereocenters. The van der Waals surface area contributed by atoms with Gasteiger partial charge in [0.25, 0.3) is 5.91 Å². The van der Waals surface area contributed by atoms with Gasteiger partial charge in [0.15, 0.2) is 5.75 Å². The molecule has 5 nitrogen and oxygen atoms in total. The number of rotatable bonds is 4. The third kappa shape index (κ3) is 2.92. The lowest BCUT2D eigenvalue weighted by atomic mass is 10.1. The van der Waals surface area contributed by atoms with E-state index in [1.807, 2.05) is 12.1 Å². The Hall–Kier alpha value is -1.75. The van der Waals surface area contributed by atoms with Gasteiger partial charge in [0.05, 0.1) is 17.4 Å². The molecule has 0 bridgehead atoms. The van der Waals surface area contributed by atoms with Gasteiger partial charge in [0, 0.05) is 13.1 Å². The largest absolute Gasteiger partial charge is 0.489 e. The predicted molar refractivity (Wildman–Crippen MR) is 69.1 cm³/mol. The molecule has 0 fully saturated rings. The number of hydrogen-bond acceptors (Lipinski definition) is 4. The summed E-state index contributed by atoms with van der Waals surface area (Å²) in [4.78, 5) is 12.0. The summed E-state index contributed by atoms with van der Waals surface area (Å²) in [6.45, 7) is 3.46. The number of carbonyl (C=O) groups is 1. The van der Waals surface area contributed by atoms with Gasteiger partial charge in [-0.1, -0.05) is 6.07 Å². The Labute approximate surface area is 106 Å². The molecule has 1 aromatic carbocycles. The molecule has 0 saturated carbocycles. The molecule has 1 amide bonds. The number of para-hydroxylation sites is 1. The van der Waals surface area contributed by atoms with Crippen LogP contribution >= 0.6 is 0 Å². The highest BCUT2D eigenvalue weighted by Crippen LogP contribution is 2.30. The minimum absolute atomic E-state index is 0.170. The molecular formula is C13H18N2O3. The Balaban J connectivity index is 2.06. The van der Waals surface area contributed by atoms with Crippen molar-refractivity contribution in [2.75, 3.05) is 25.0 Å². The summed E-state index contributed by atoms with van der Waals surface area (Å²) in [6.07, 6.45) is 0.132. The van der Waals surface area contributed by atoms with Crippen LogP contribution in [0.15, 0.2) is 18.2 Å². The smallest absolute Gasteiger partial charge is 0.255 e. The van der Waals surface area contributed by atoms with Crippen LogP contribution in [0.2, 0.25) is 0 Å². The van der Waals surface area contributed by atoms with Crippen LogP contribution in [0.1, 0.15) is 23.7 Å². The van der Waals surface area contributed by atoms with Crippen LogP contribution in [0.4, 0.5) is 5.69 Å². The number of carbonyl (C=O) groups excluding carboxylic acids is 1. The highest BCUT2D eigenvalue weighted by Gasteiger charge is 2.18. The Morgan fingerprint density at radius 1 is 1.61 bits per heavy atom. The highest BCUT2D eigenvalue weighted by molar-refractivity contribution is 5.98. The van der Waals surface area contributed by atoms with E-state index in [9.17, 15) is 4.79 Å². The molecule has 98 valence electrons. The Kier molecular flexibility index (Phi) is 4.04. The second-order valence-corrected chi connectivity index (χ2v) is 4.35. The molecule has 1 aliphatic heterocycles. The topological polar surface area (TPSA) is 70.6 Å². The maximum absolute atomic E-state index is 12.0. The van der Waals surface area contributed by atoms with Crippen molar-refractivity contribution in [1.29, 1.82) is 0 Å². The maximum atomic E-state index is 12.0. The SMILES string of the molecule is CC(O)CCNC(=O)c1cccc2c1OCCN2. The van der Waals surface area contributed by atoms with Crippen molar-refractivity contribution >= 4 is 11.6 Å². The number of amides is 1. The summed E-state index contributed by atoms with van der Waals surface area (Å²) in [5.41, 5.74) is 1.38. The number of aliphatic hydroxyl groups is 1. The summed E-state index contributed by atoms with van der Waals surface area (Å²) < 4.78 is 5.53. The minimum atomic E-state index is -0.409. The third-order valence-electron chi connectivity index (χ3n) is 2.77. The fourth-order valence-electron chi connectivity index (χ4n) is 1.84. The van der Waals surface area contributed by atoms with Crippen molar-refractivity contribution in [1.82, 2.24) is 5.32 Å². The average molecular weight is 250 g/mol. The van der Waals surface area contributed by atoms with Crippen molar-refractivity contribution in [3.63, 3.8) is 0 Å². The molecule has 1 aliphatic rings. The molecule has 18 heavy (non-hydrogen) atoms. The van der Waals surface area contributed by atoms with Crippen LogP contribution in [0.5, 0.6) is 5.75 Å². The lowest BCUT2D eigenvalue weighted by Crippen LogP contribution is -2.28. The summed E-state index contributed by atoms with van der Waals surface area (Å²) in [5.74, 6) is 0.439. The standard InChI is InChI=1S/C13H18N2O3/c1-9(16)5-6-15-13(17)10-3-2-4-11-12(10)18-8-7-14-11/h2-4,9,14,16H,5-8H2,1H3,(H,15,17). The first-order chi connectivity index (χ1) is 8.68. The minimum Gasteiger partial charge on any atom is -0.489 e. The number of anilines is 1. The molecule has 0 aromatic heterocycles. The number of fused-ring (bicyclic) bond motifs is 1. The lowest BCUT2D eigenvalue weighted by molar-refractivity contribution is 0.0941. The zero-order valence-electron chi connectivity index (χ0n) is 10.4. The van der Waals surface area contributed by atoms with E-state index in [1.165, 1.54) is 0 Å². The van der Waals surface area contributed by atoms with Crippen LogP contribution in [0, 0.1) is 0 Å².